The van der Waals surface area contributed by atoms with Crippen LogP contribution in [-0.2, 0) is 20.9 Å². The van der Waals surface area contributed by atoms with Gasteiger partial charge in [-0.2, -0.15) is 0 Å². The van der Waals surface area contributed by atoms with Crippen LogP contribution in [0.3, 0.4) is 0 Å². The second-order valence-corrected chi connectivity index (χ2v) is 10.3. The number of nitro groups is 1. The van der Waals surface area contributed by atoms with E-state index in [1.54, 1.807) is 0 Å². The molecule has 0 radical (unpaired) electrons. The molecular formula is C18H18N2O7S3. The Kier molecular flexibility index (Phi) is 7.11. The number of carbonyl (C=O) groups excluding carboxylic acids is 3. The molecule has 3 rings (SSSR count). The molecule has 1 aromatic rings. The van der Waals surface area contributed by atoms with E-state index in [2.05, 4.69) is 0 Å². The van der Waals surface area contributed by atoms with Crippen molar-refractivity contribution in [2.75, 3.05) is 5.75 Å². The number of hydrogen-bond acceptors (Lipinski definition) is 10. The van der Waals surface area contributed by atoms with Crippen molar-refractivity contribution in [3.63, 3.8) is 0 Å². The van der Waals surface area contributed by atoms with E-state index >= 15 is 0 Å². The molecule has 12 heteroatoms. The van der Waals surface area contributed by atoms with E-state index < -0.39 is 34.2 Å². The largest absolute Gasteiger partial charge is 0.456 e. The molecule has 0 spiro atoms. The standard InChI is InChI=1S/C18H18N2O7S3/c1-3-28-15-12(9(2)21)14(22)19(15)13(17-29-18(24)30-17)16(23)27-8-10-4-6-11(7-5-10)20(25)26/h4-7,9,12,15,21H,3,8H2,1-2H3/t9-,12?,15?/m0/s1. The number of amides is 1. The van der Waals surface area contributed by atoms with Gasteiger partial charge in [-0.1, -0.05) is 6.92 Å². The van der Waals surface area contributed by atoms with Crippen LogP contribution >= 0.6 is 35.3 Å². The van der Waals surface area contributed by atoms with Gasteiger partial charge in [-0.3, -0.25) is 24.6 Å². The van der Waals surface area contributed by atoms with E-state index in [9.17, 15) is 29.6 Å². The SMILES string of the molecule is CCSC1C([C@H](C)O)C(=O)N1C(C(=O)OCc1ccc([N+](=O)[O-])cc1)=C1SC(=O)S1. The second kappa shape index (κ2) is 9.41. The van der Waals surface area contributed by atoms with E-state index in [4.69, 9.17) is 4.74 Å². The molecule has 2 fully saturated rings. The average molecular weight is 471 g/mol. The summed E-state index contributed by atoms with van der Waals surface area (Å²) in [5, 5.41) is 20.2. The van der Waals surface area contributed by atoms with Gasteiger partial charge >= 0.3 is 5.97 Å². The summed E-state index contributed by atoms with van der Waals surface area (Å²) in [6.45, 7) is 3.28. The van der Waals surface area contributed by atoms with E-state index in [-0.39, 0.29) is 22.4 Å². The Morgan fingerprint density at radius 2 is 1.97 bits per heavy atom. The zero-order valence-corrected chi connectivity index (χ0v) is 18.4. The lowest BCUT2D eigenvalue weighted by Gasteiger charge is -2.48. The molecule has 3 atom stereocenters. The molecule has 30 heavy (non-hydrogen) atoms. The van der Waals surface area contributed by atoms with E-state index in [0.29, 0.717) is 15.6 Å². The van der Waals surface area contributed by atoms with Gasteiger partial charge in [-0.15, -0.1) is 11.8 Å². The van der Waals surface area contributed by atoms with Crippen LogP contribution in [0.5, 0.6) is 0 Å². The molecule has 2 aliphatic rings. The van der Waals surface area contributed by atoms with Gasteiger partial charge < -0.3 is 9.84 Å². The van der Waals surface area contributed by atoms with Crippen molar-refractivity contribution < 1.29 is 29.2 Å². The Morgan fingerprint density at radius 1 is 1.33 bits per heavy atom. The van der Waals surface area contributed by atoms with Gasteiger partial charge in [0.05, 0.1) is 26.6 Å². The molecular weight excluding hydrogens is 452 g/mol. The summed E-state index contributed by atoms with van der Waals surface area (Å²) in [5.74, 6) is -1.14. The van der Waals surface area contributed by atoms with E-state index in [1.807, 2.05) is 6.92 Å². The maximum absolute atomic E-state index is 12.8. The molecule has 1 amide bonds. The van der Waals surface area contributed by atoms with Crippen molar-refractivity contribution in [3.8, 4) is 0 Å². The lowest BCUT2D eigenvalue weighted by molar-refractivity contribution is -0.384. The molecule has 0 saturated carbocycles. The third-order valence-electron chi connectivity index (χ3n) is 4.44. The fourth-order valence-electron chi connectivity index (χ4n) is 2.98. The first-order valence-corrected chi connectivity index (χ1v) is 11.6. The Hall–Kier alpha value is -2.02. The summed E-state index contributed by atoms with van der Waals surface area (Å²) in [6, 6.07) is 5.56. The van der Waals surface area contributed by atoms with Crippen LogP contribution in [0.1, 0.15) is 19.4 Å². The van der Waals surface area contributed by atoms with Gasteiger partial charge in [0.1, 0.15) is 6.61 Å². The zero-order valence-electron chi connectivity index (χ0n) is 16.0. The number of non-ortho nitro benzene ring substituents is 1. The average Bonchev–Trinajstić information content (AvgIpc) is 2.67. The van der Waals surface area contributed by atoms with Crippen molar-refractivity contribution in [2.45, 2.75) is 31.9 Å². The van der Waals surface area contributed by atoms with Crippen molar-refractivity contribution in [1.29, 1.82) is 0 Å². The number of aliphatic hydroxyl groups is 1. The number of thioether (sulfide) groups is 3. The number of nitro benzene ring substituents is 1. The molecule has 9 nitrogen and oxygen atoms in total. The van der Waals surface area contributed by atoms with Crippen LogP contribution in [0.2, 0.25) is 0 Å². The fourth-order valence-corrected chi connectivity index (χ4v) is 5.81. The number of aliphatic hydroxyl groups excluding tert-OH is 1. The molecule has 0 aromatic heterocycles. The van der Waals surface area contributed by atoms with Gasteiger partial charge in [0.2, 0.25) is 5.91 Å². The van der Waals surface area contributed by atoms with Crippen LogP contribution in [0.4, 0.5) is 10.5 Å². The van der Waals surface area contributed by atoms with Crippen LogP contribution in [0.15, 0.2) is 34.2 Å². The van der Waals surface area contributed by atoms with E-state index in [0.717, 1.165) is 23.5 Å². The first-order valence-electron chi connectivity index (χ1n) is 8.91. The van der Waals surface area contributed by atoms with E-state index in [1.165, 1.54) is 47.9 Å². The minimum atomic E-state index is -0.872. The van der Waals surface area contributed by atoms with Crippen LogP contribution in [0, 0.1) is 16.0 Å². The highest BCUT2D eigenvalue weighted by Crippen LogP contribution is 2.51. The maximum Gasteiger partial charge on any atom is 0.357 e. The summed E-state index contributed by atoms with van der Waals surface area (Å²) in [4.78, 5) is 48.5. The van der Waals surface area contributed by atoms with Crippen LogP contribution < -0.4 is 0 Å². The van der Waals surface area contributed by atoms with Crippen molar-refractivity contribution >= 4 is 57.3 Å². The molecule has 2 saturated heterocycles. The van der Waals surface area contributed by atoms with Crippen molar-refractivity contribution in [1.82, 2.24) is 4.90 Å². The summed E-state index contributed by atoms with van der Waals surface area (Å²) in [7, 11) is 0. The Balaban J connectivity index is 1.78. The third-order valence-corrected chi connectivity index (χ3v) is 7.71. The Labute approximate surface area is 184 Å². The minimum absolute atomic E-state index is 0.000591. The quantitative estimate of drug-likeness (QED) is 0.199. The van der Waals surface area contributed by atoms with Gasteiger partial charge in [0, 0.05) is 12.1 Å². The molecule has 0 aliphatic carbocycles. The Morgan fingerprint density at radius 3 is 2.47 bits per heavy atom. The highest BCUT2D eigenvalue weighted by Gasteiger charge is 2.54. The summed E-state index contributed by atoms with van der Waals surface area (Å²) in [5.41, 5.74) is 0.461. The normalized spacial score (nSPS) is 21.6. The number of rotatable bonds is 8. The topological polar surface area (TPSA) is 127 Å². The van der Waals surface area contributed by atoms with Gasteiger partial charge in [0.15, 0.2) is 5.70 Å². The lowest BCUT2D eigenvalue weighted by Crippen LogP contribution is -2.63. The molecule has 0 bridgehead atoms. The first-order chi connectivity index (χ1) is 14.2. The van der Waals surface area contributed by atoms with Gasteiger partial charge in [-0.25, -0.2) is 4.79 Å². The van der Waals surface area contributed by atoms with Gasteiger partial charge in [-0.05, 0) is 53.9 Å². The van der Waals surface area contributed by atoms with Crippen LogP contribution in [0.25, 0.3) is 0 Å². The number of β-lactam (4-membered cyclic amide) rings is 1. The molecule has 160 valence electrons. The minimum Gasteiger partial charge on any atom is -0.456 e. The number of esters is 1. The molecule has 1 N–H and O–H groups in total. The van der Waals surface area contributed by atoms with Crippen molar-refractivity contribution in [3.05, 3.63) is 49.9 Å². The smallest absolute Gasteiger partial charge is 0.357 e. The third kappa shape index (κ3) is 4.51. The summed E-state index contributed by atoms with van der Waals surface area (Å²) < 4.78 is 5.53. The lowest BCUT2D eigenvalue weighted by atomic mass is 9.92. The predicted molar refractivity (Wildman–Crippen MR) is 114 cm³/mol. The second-order valence-electron chi connectivity index (χ2n) is 6.41. The maximum atomic E-state index is 12.8. The highest BCUT2D eigenvalue weighted by atomic mass is 32.3. The highest BCUT2D eigenvalue weighted by molar-refractivity contribution is 8.57. The fraction of sp³-hybridized carbons (Fsp3) is 0.389. The van der Waals surface area contributed by atoms with Gasteiger partial charge in [0.25, 0.3) is 10.1 Å². The summed E-state index contributed by atoms with van der Waals surface area (Å²) >= 11 is 3.15. The van der Waals surface area contributed by atoms with Crippen molar-refractivity contribution in [2.24, 2.45) is 5.92 Å². The molecule has 1 aromatic carbocycles. The Bertz CT molecular complexity index is 907. The predicted octanol–water partition coefficient (Wildman–Crippen LogP) is 3.33. The number of hydrogen-bond donors (Lipinski definition) is 1. The number of benzene rings is 1. The first kappa shape index (κ1) is 22.7. The number of nitrogens with zero attached hydrogens (tertiary/aromatic N) is 2. The molecule has 2 aliphatic heterocycles. The monoisotopic (exact) mass is 470 g/mol. The number of carbonyl (C=O) groups is 3. The molecule has 2 heterocycles. The number of ether oxygens (including phenoxy) is 1. The summed E-state index contributed by atoms with van der Waals surface area (Å²) in [6.07, 6.45) is -0.872. The molecule has 2 unspecified atom stereocenters. The van der Waals surface area contributed by atoms with Crippen LogP contribution in [-0.4, -0.2) is 48.5 Å². The number of likely N-dealkylation sites (tertiary alicyclic amines) is 1. The zero-order chi connectivity index (χ0) is 22.0.